The van der Waals surface area contributed by atoms with Gasteiger partial charge in [0.15, 0.2) is 0 Å². The molecule has 2 bridgehead atoms. The number of carbonyl (C=O) groups is 1. The average molecular weight is 316 g/mol. The third-order valence-corrected chi connectivity index (χ3v) is 5.57. The number of rotatable bonds is 6. The lowest BCUT2D eigenvalue weighted by Crippen LogP contribution is -2.46. The molecule has 0 spiro atoms. The molecule has 6 heteroatoms. The van der Waals surface area contributed by atoms with E-state index in [1.165, 1.54) is 19.1 Å². The summed E-state index contributed by atoms with van der Waals surface area (Å²) in [5, 5.41) is 6.58. The molecule has 0 aromatic rings. The molecule has 0 aromatic heterocycles. The smallest absolute Gasteiger partial charge is 0.220 e. The highest BCUT2D eigenvalue weighted by atomic mass is 32.2. The lowest BCUT2D eigenvalue weighted by Gasteiger charge is -2.31. The highest BCUT2D eigenvalue weighted by molar-refractivity contribution is 7.90. The van der Waals surface area contributed by atoms with Crippen molar-refractivity contribution in [3.8, 4) is 0 Å². The van der Waals surface area contributed by atoms with E-state index in [4.69, 9.17) is 0 Å². The van der Waals surface area contributed by atoms with Crippen molar-refractivity contribution >= 4 is 15.7 Å². The number of hydrogen-bond acceptors (Lipinski definition) is 4. The molecular weight excluding hydrogens is 288 g/mol. The molecule has 122 valence electrons. The van der Waals surface area contributed by atoms with Crippen LogP contribution >= 0.6 is 0 Å². The highest BCUT2D eigenvalue weighted by Gasteiger charge is 2.34. The Morgan fingerprint density at radius 3 is 2.33 bits per heavy atom. The van der Waals surface area contributed by atoms with Gasteiger partial charge in [0.05, 0.1) is 5.75 Å². The van der Waals surface area contributed by atoms with E-state index in [1.807, 2.05) is 13.8 Å². The van der Waals surface area contributed by atoms with Gasteiger partial charge in [0, 0.05) is 30.3 Å². The average Bonchev–Trinajstić information content (AvgIpc) is 2.65. The summed E-state index contributed by atoms with van der Waals surface area (Å²) in [5.74, 6) is 0.631. The summed E-state index contributed by atoms with van der Waals surface area (Å²) in [4.78, 5) is 12.2. The summed E-state index contributed by atoms with van der Waals surface area (Å²) in [7, 11) is -2.99. The summed E-state index contributed by atoms with van der Waals surface area (Å²) in [6.45, 7) is 3.78. The van der Waals surface area contributed by atoms with Crippen LogP contribution in [0.4, 0.5) is 0 Å². The van der Waals surface area contributed by atoms with E-state index in [1.54, 1.807) is 0 Å². The molecule has 2 saturated heterocycles. The first-order valence-electron chi connectivity index (χ1n) is 7.88. The second-order valence-corrected chi connectivity index (χ2v) is 9.75. The molecule has 5 nitrogen and oxygen atoms in total. The molecule has 2 atom stereocenters. The number of hydrogen-bond donors (Lipinski definition) is 2. The molecule has 0 saturated carbocycles. The van der Waals surface area contributed by atoms with Crippen molar-refractivity contribution < 1.29 is 13.2 Å². The van der Waals surface area contributed by atoms with Crippen LogP contribution in [0.3, 0.4) is 0 Å². The van der Waals surface area contributed by atoms with Crippen LogP contribution in [-0.2, 0) is 14.6 Å². The van der Waals surface area contributed by atoms with Crippen molar-refractivity contribution in [2.75, 3.05) is 12.0 Å². The highest BCUT2D eigenvalue weighted by Crippen LogP contribution is 2.32. The molecule has 2 aliphatic rings. The van der Waals surface area contributed by atoms with Crippen molar-refractivity contribution in [2.45, 2.75) is 70.0 Å². The first-order chi connectivity index (χ1) is 9.63. The molecule has 0 radical (unpaired) electrons. The Labute approximate surface area is 128 Å². The normalized spacial score (nSPS) is 29.4. The van der Waals surface area contributed by atoms with Crippen LogP contribution in [0.2, 0.25) is 0 Å². The quantitative estimate of drug-likeness (QED) is 0.773. The van der Waals surface area contributed by atoms with Gasteiger partial charge in [0.1, 0.15) is 9.84 Å². The Balaban J connectivity index is 1.78. The van der Waals surface area contributed by atoms with E-state index < -0.39 is 15.4 Å². The van der Waals surface area contributed by atoms with Crippen molar-refractivity contribution in [1.82, 2.24) is 10.6 Å². The van der Waals surface area contributed by atoms with Crippen LogP contribution in [-0.4, -0.2) is 44.0 Å². The molecule has 2 rings (SSSR count). The monoisotopic (exact) mass is 316 g/mol. The zero-order valence-corrected chi connectivity index (χ0v) is 14.1. The van der Waals surface area contributed by atoms with E-state index >= 15 is 0 Å². The van der Waals surface area contributed by atoms with Crippen molar-refractivity contribution in [2.24, 2.45) is 5.92 Å². The molecule has 2 unspecified atom stereocenters. The van der Waals surface area contributed by atoms with Gasteiger partial charge in [-0.25, -0.2) is 8.42 Å². The van der Waals surface area contributed by atoms with Gasteiger partial charge in [0.2, 0.25) is 5.91 Å². The first kappa shape index (κ1) is 16.7. The molecule has 2 fully saturated rings. The summed E-state index contributed by atoms with van der Waals surface area (Å²) in [6, 6.07) is 1.19. The largest absolute Gasteiger partial charge is 0.351 e. The van der Waals surface area contributed by atoms with Gasteiger partial charge in [-0.2, -0.15) is 0 Å². The van der Waals surface area contributed by atoms with Crippen LogP contribution in [0, 0.1) is 5.92 Å². The lowest BCUT2D eigenvalue weighted by molar-refractivity contribution is -0.123. The third kappa shape index (κ3) is 5.58. The SMILES string of the molecule is CC(C)(CCS(C)(=O)=O)NC(=O)CC1CC2CCC(C1)N2. The number of piperidine rings is 1. The van der Waals surface area contributed by atoms with Gasteiger partial charge >= 0.3 is 0 Å². The standard InChI is InChI=1S/C15H28N2O3S/c1-15(2,6-7-21(3,19)20)17-14(18)10-11-8-12-4-5-13(9-11)16-12/h11-13,16H,4-10H2,1-3H3,(H,17,18). The summed E-state index contributed by atoms with van der Waals surface area (Å²) < 4.78 is 22.5. The summed E-state index contributed by atoms with van der Waals surface area (Å²) >= 11 is 0. The number of amides is 1. The van der Waals surface area contributed by atoms with Gasteiger partial charge in [-0.05, 0) is 51.9 Å². The van der Waals surface area contributed by atoms with E-state index in [9.17, 15) is 13.2 Å². The van der Waals surface area contributed by atoms with Gasteiger partial charge < -0.3 is 10.6 Å². The summed E-state index contributed by atoms with van der Waals surface area (Å²) in [5.41, 5.74) is -0.466. The number of fused-ring (bicyclic) bond motifs is 2. The van der Waals surface area contributed by atoms with Crippen molar-refractivity contribution in [1.29, 1.82) is 0 Å². The fourth-order valence-corrected chi connectivity index (χ4v) is 4.42. The zero-order chi connectivity index (χ0) is 15.7. The van der Waals surface area contributed by atoms with Crippen LogP contribution in [0.5, 0.6) is 0 Å². The Hall–Kier alpha value is -0.620. The minimum atomic E-state index is -2.99. The van der Waals surface area contributed by atoms with Crippen molar-refractivity contribution in [3.63, 3.8) is 0 Å². The van der Waals surface area contributed by atoms with Crippen LogP contribution in [0.1, 0.15) is 52.4 Å². The number of carbonyl (C=O) groups excluding carboxylic acids is 1. The molecule has 2 N–H and O–H groups in total. The van der Waals surface area contributed by atoms with Crippen LogP contribution in [0.25, 0.3) is 0 Å². The van der Waals surface area contributed by atoms with E-state index in [2.05, 4.69) is 10.6 Å². The molecular formula is C15H28N2O3S. The Bertz CT molecular complexity index is 475. The third-order valence-electron chi connectivity index (χ3n) is 4.62. The predicted octanol–water partition coefficient (Wildman–Crippen LogP) is 1.24. The predicted molar refractivity (Wildman–Crippen MR) is 83.8 cm³/mol. The maximum absolute atomic E-state index is 12.2. The molecule has 2 heterocycles. The van der Waals surface area contributed by atoms with Crippen LogP contribution < -0.4 is 10.6 Å². The van der Waals surface area contributed by atoms with E-state index in [0.29, 0.717) is 30.8 Å². The van der Waals surface area contributed by atoms with E-state index in [-0.39, 0.29) is 11.7 Å². The van der Waals surface area contributed by atoms with Gasteiger partial charge in [0.25, 0.3) is 0 Å². The maximum Gasteiger partial charge on any atom is 0.220 e. The molecule has 1 amide bonds. The Morgan fingerprint density at radius 2 is 1.81 bits per heavy atom. The second kappa shape index (κ2) is 6.24. The molecule has 2 aliphatic heterocycles. The van der Waals surface area contributed by atoms with Gasteiger partial charge in [-0.15, -0.1) is 0 Å². The topological polar surface area (TPSA) is 75.3 Å². The minimum absolute atomic E-state index is 0.0554. The maximum atomic E-state index is 12.2. The van der Waals surface area contributed by atoms with Gasteiger partial charge in [-0.1, -0.05) is 0 Å². The first-order valence-corrected chi connectivity index (χ1v) is 9.94. The Morgan fingerprint density at radius 1 is 1.24 bits per heavy atom. The van der Waals surface area contributed by atoms with Crippen molar-refractivity contribution in [3.05, 3.63) is 0 Å². The minimum Gasteiger partial charge on any atom is -0.351 e. The molecule has 0 aromatic carbocycles. The van der Waals surface area contributed by atoms with Gasteiger partial charge in [-0.3, -0.25) is 4.79 Å². The fourth-order valence-electron chi connectivity index (χ4n) is 3.54. The van der Waals surface area contributed by atoms with E-state index in [0.717, 1.165) is 12.8 Å². The Kier molecular flexibility index (Phi) is 4.98. The lowest BCUT2D eigenvalue weighted by atomic mass is 9.89. The fraction of sp³-hybridized carbons (Fsp3) is 0.933. The molecule has 21 heavy (non-hydrogen) atoms. The number of nitrogens with one attached hydrogen (secondary N) is 2. The van der Waals surface area contributed by atoms with Crippen LogP contribution in [0.15, 0.2) is 0 Å². The second-order valence-electron chi connectivity index (χ2n) is 7.49. The number of sulfone groups is 1. The zero-order valence-electron chi connectivity index (χ0n) is 13.3. The molecule has 0 aliphatic carbocycles. The summed E-state index contributed by atoms with van der Waals surface area (Å²) in [6.07, 6.45) is 6.91.